The van der Waals surface area contributed by atoms with Crippen molar-refractivity contribution < 1.29 is 24.2 Å². The Morgan fingerprint density at radius 1 is 1.02 bits per heavy atom. The van der Waals surface area contributed by atoms with E-state index in [-0.39, 0.29) is 25.2 Å². The summed E-state index contributed by atoms with van der Waals surface area (Å²) in [5.41, 5.74) is 6.14. The molecular formula is C36H36Cl2N4O5. The van der Waals surface area contributed by atoms with Gasteiger partial charge in [0.2, 0.25) is 0 Å². The Morgan fingerprint density at radius 2 is 1.85 bits per heavy atom. The molecule has 1 aromatic heterocycles. The third kappa shape index (κ3) is 6.32. The first-order chi connectivity index (χ1) is 22.7. The third-order valence-electron chi connectivity index (χ3n) is 9.47. The zero-order chi connectivity index (χ0) is 32.8. The normalized spacial score (nSPS) is 21.3. The van der Waals surface area contributed by atoms with Crippen LogP contribution in [-0.4, -0.2) is 70.2 Å². The molecule has 1 saturated heterocycles. The molecule has 3 aromatic carbocycles. The molecular weight excluding hydrogens is 639 g/mol. The fourth-order valence-electron chi connectivity index (χ4n) is 6.89. The summed E-state index contributed by atoms with van der Waals surface area (Å²) in [5.74, 6) is 1.32. The van der Waals surface area contributed by atoms with Gasteiger partial charge in [0.25, 0.3) is 5.91 Å². The minimum Gasteiger partial charge on any atom is -0.490 e. The van der Waals surface area contributed by atoms with Gasteiger partial charge in [0.15, 0.2) is 0 Å². The second kappa shape index (κ2) is 12.9. The first kappa shape index (κ1) is 31.5. The van der Waals surface area contributed by atoms with Crippen molar-refractivity contribution >= 4 is 40.9 Å². The molecule has 2 amide bonds. The van der Waals surface area contributed by atoms with Gasteiger partial charge in [0, 0.05) is 52.1 Å². The molecule has 1 N–H and O–H groups in total. The smallest absolute Gasteiger partial charge is 0.414 e. The Labute approximate surface area is 283 Å². The Morgan fingerprint density at radius 3 is 2.66 bits per heavy atom. The minimum absolute atomic E-state index is 0.0241. The lowest BCUT2D eigenvalue weighted by atomic mass is 9.93. The van der Waals surface area contributed by atoms with Crippen LogP contribution >= 0.6 is 23.2 Å². The highest BCUT2D eigenvalue weighted by Gasteiger charge is 2.48. The standard InChI is InChI=1S/C36H36Cl2N4O5/c1-21-13-27(43)20-41(21)35(44)23-9-10-31(38)25(14-23)17-40-18-26(16-39-40)28-5-3-7-32-34(28)29-15-24(29)19-42(32)36(45)47-12-11-46-33-8-4-6-30(37)22(33)2/h3-10,14,16,18,21,24,27,29,43H,11-13,15,17,19-20H2,1-2H3/t21-,24+,27+,29+/m1/s1. The number of amides is 2. The van der Waals surface area contributed by atoms with Crippen molar-refractivity contribution in [3.63, 3.8) is 0 Å². The summed E-state index contributed by atoms with van der Waals surface area (Å²) in [6.07, 6.45) is 4.50. The highest BCUT2D eigenvalue weighted by Crippen LogP contribution is 2.57. The third-order valence-corrected chi connectivity index (χ3v) is 10.3. The van der Waals surface area contributed by atoms with E-state index in [1.54, 1.807) is 21.9 Å². The molecule has 9 nitrogen and oxygen atoms in total. The maximum Gasteiger partial charge on any atom is 0.414 e. The largest absolute Gasteiger partial charge is 0.490 e. The van der Waals surface area contributed by atoms with Crippen LogP contribution in [0.4, 0.5) is 10.5 Å². The fraction of sp³-hybridized carbons (Fsp3) is 0.361. The molecule has 0 radical (unpaired) electrons. The number of carbonyl (C=O) groups is 2. The first-order valence-corrected chi connectivity index (χ1v) is 16.7. The molecule has 47 heavy (non-hydrogen) atoms. The van der Waals surface area contributed by atoms with Crippen molar-refractivity contribution in [3.8, 4) is 16.9 Å². The van der Waals surface area contributed by atoms with E-state index in [9.17, 15) is 14.7 Å². The lowest BCUT2D eigenvalue weighted by molar-refractivity contribution is 0.0726. The van der Waals surface area contributed by atoms with Crippen LogP contribution in [0.5, 0.6) is 5.75 Å². The minimum atomic E-state index is -0.500. The van der Waals surface area contributed by atoms with Crippen LogP contribution < -0.4 is 9.64 Å². The van der Waals surface area contributed by atoms with Crippen LogP contribution in [0.15, 0.2) is 67.0 Å². The van der Waals surface area contributed by atoms with Crippen LogP contribution in [0.2, 0.25) is 10.0 Å². The SMILES string of the molecule is Cc1c(Cl)cccc1OCCOC(=O)N1C[C@@H]2C[C@@H]2c2c(-c3cnn(Cc4cc(C(=O)N5C[C@@H](O)C[C@H]5C)ccc4Cl)c3)cccc21. The number of hydrogen-bond acceptors (Lipinski definition) is 6. The van der Waals surface area contributed by atoms with Gasteiger partial charge in [-0.25, -0.2) is 4.79 Å². The second-order valence-corrected chi connectivity index (χ2v) is 13.5. The number of ether oxygens (including phenoxy) is 2. The Balaban J connectivity index is 1.05. The number of nitrogens with zero attached hydrogens (tertiary/aromatic N) is 4. The number of carbonyl (C=O) groups excluding carboxylic acids is 2. The summed E-state index contributed by atoms with van der Waals surface area (Å²) in [7, 11) is 0. The summed E-state index contributed by atoms with van der Waals surface area (Å²) >= 11 is 12.8. The summed E-state index contributed by atoms with van der Waals surface area (Å²) in [4.78, 5) is 30.0. The van der Waals surface area contributed by atoms with Crippen LogP contribution in [0.25, 0.3) is 11.1 Å². The summed E-state index contributed by atoms with van der Waals surface area (Å²) < 4.78 is 13.3. The van der Waals surface area contributed by atoms with E-state index in [0.717, 1.165) is 39.9 Å². The van der Waals surface area contributed by atoms with E-state index in [1.807, 2.05) is 67.3 Å². The maximum atomic E-state index is 13.3. The van der Waals surface area contributed by atoms with Gasteiger partial charge in [-0.1, -0.05) is 41.4 Å². The molecule has 2 fully saturated rings. The number of aliphatic hydroxyl groups excluding tert-OH is 1. The topological polar surface area (TPSA) is 97.1 Å². The molecule has 4 aromatic rings. The van der Waals surface area contributed by atoms with Crippen molar-refractivity contribution in [2.45, 2.75) is 51.3 Å². The lowest BCUT2D eigenvalue weighted by Crippen LogP contribution is -2.37. The number of fused-ring (bicyclic) bond motifs is 3. The van der Waals surface area contributed by atoms with Gasteiger partial charge < -0.3 is 19.5 Å². The summed E-state index contributed by atoms with van der Waals surface area (Å²) in [6.45, 7) is 5.51. The van der Waals surface area contributed by atoms with Gasteiger partial charge >= 0.3 is 6.09 Å². The maximum absolute atomic E-state index is 13.3. The van der Waals surface area contributed by atoms with Crippen LogP contribution in [0.1, 0.15) is 52.7 Å². The number of hydrogen-bond donors (Lipinski definition) is 1. The van der Waals surface area contributed by atoms with Crippen LogP contribution in [-0.2, 0) is 11.3 Å². The van der Waals surface area contributed by atoms with E-state index in [1.165, 1.54) is 0 Å². The Hall–Kier alpha value is -4.05. The Bertz CT molecular complexity index is 1840. The van der Waals surface area contributed by atoms with E-state index in [0.29, 0.717) is 59.2 Å². The predicted octanol–water partition coefficient (Wildman–Crippen LogP) is 6.95. The zero-order valence-corrected chi connectivity index (χ0v) is 27.7. The van der Waals surface area contributed by atoms with Crippen LogP contribution in [0, 0.1) is 12.8 Å². The van der Waals surface area contributed by atoms with Gasteiger partial charge in [0.1, 0.15) is 19.0 Å². The molecule has 1 saturated carbocycles. The Kier molecular flexibility index (Phi) is 8.63. The predicted molar refractivity (Wildman–Crippen MR) is 181 cm³/mol. The summed E-state index contributed by atoms with van der Waals surface area (Å²) in [6, 6.07) is 16.8. The number of aromatic nitrogens is 2. The second-order valence-electron chi connectivity index (χ2n) is 12.7. The molecule has 3 aliphatic rings. The van der Waals surface area contributed by atoms with Gasteiger partial charge in [-0.05, 0) is 91.6 Å². The molecule has 3 heterocycles. The number of likely N-dealkylation sites (tertiary alicyclic amines) is 1. The number of aliphatic hydroxyl groups is 1. The van der Waals surface area contributed by atoms with Gasteiger partial charge in [-0.3, -0.25) is 14.4 Å². The molecule has 0 unspecified atom stereocenters. The summed E-state index contributed by atoms with van der Waals surface area (Å²) in [5, 5.41) is 15.8. The van der Waals surface area contributed by atoms with Crippen molar-refractivity contribution in [1.29, 1.82) is 0 Å². The quantitative estimate of drug-likeness (QED) is 0.203. The van der Waals surface area contributed by atoms with Crippen molar-refractivity contribution in [2.24, 2.45) is 5.92 Å². The average molecular weight is 676 g/mol. The number of halogens is 2. The number of β-amino-alcohol motifs (C(OH)–C–C–N with tert-alkyl or cyclic N) is 1. The van der Waals surface area contributed by atoms with E-state index in [2.05, 4.69) is 11.2 Å². The van der Waals surface area contributed by atoms with Crippen molar-refractivity contribution in [2.75, 3.05) is 31.2 Å². The van der Waals surface area contributed by atoms with E-state index >= 15 is 0 Å². The molecule has 1 aliphatic carbocycles. The molecule has 11 heteroatoms. The zero-order valence-electron chi connectivity index (χ0n) is 26.2. The highest BCUT2D eigenvalue weighted by molar-refractivity contribution is 6.31. The van der Waals surface area contributed by atoms with Crippen LogP contribution in [0.3, 0.4) is 0 Å². The monoisotopic (exact) mass is 674 g/mol. The van der Waals surface area contributed by atoms with E-state index < -0.39 is 12.2 Å². The van der Waals surface area contributed by atoms with Gasteiger partial charge in [-0.15, -0.1) is 0 Å². The van der Waals surface area contributed by atoms with Gasteiger partial charge in [0.05, 0.1) is 24.5 Å². The van der Waals surface area contributed by atoms with E-state index in [4.69, 9.17) is 32.7 Å². The number of rotatable bonds is 8. The number of benzene rings is 3. The van der Waals surface area contributed by atoms with Crippen molar-refractivity contribution in [3.05, 3.63) is 99.3 Å². The fourth-order valence-corrected chi connectivity index (χ4v) is 7.23. The molecule has 4 atom stereocenters. The number of anilines is 1. The van der Waals surface area contributed by atoms with Crippen molar-refractivity contribution in [1.82, 2.24) is 14.7 Å². The van der Waals surface area contributed by atoms with Gasteiger partial charge in [-0.2, -0.15) is 5.10 Å². The highest BCUT2D eigenvalue weighted by atomic mass is 35.5. The molecule has 0 bridgehead atoms. The molecule has 0 spiro atoms. The molecule has 244 valence electrons. The average Bonchev–Trinajstić information content (AvgIpc) is 3.57. The lowest BCUT2D eigenvalue weighted by Gasteiger charge is -2.29. The molecule has 2 aliphatic heterocycles. The molecule has 7 rings (SSSR count). The first-order valence-electron chi connectivity index (χ1n) is 15.9.